The molecule has 2 fully saturated rings. The zero-order chi connectivity index (χ0) is 47.4. The summed E-state index contributed by atoms with van der Waals surface area (Å²) in [6.07, 6.45) is -4.63. The Hall–Kier alpha value is -5.58. The number of nitrogens with one attached hydrogen (secondary N) is 1. The van der Waals surface area contributed by atoms with Gasteiger partial charge in [0, 0.05) is 36.9 Å². The first-order chi connectivity index (χ1) is 32.0. The molecule has 2 saturated heterocycles. The summed E-state index contributed by atoms with van der Waals surface area (Å²) in [6.45, 7) is 6.21. The Morgan fingerprint density at radius 1 is 1.07 bits per heavy atom. The number of carbonyl (C=O) groups is 1. The van der Waals surface area contributed by atoms with E-state index in [-0.39, 0.29) is 98.9 Å². The molecule has 0 aliphatic carbocycles. The smallest absolute Gasteiger partial charge is 0.409 e. The summed E-state index contributed by atoms with van der Waals surface area (Å²) >= 11 is 7.99. The van der Waals surface area contributed by atoms with Crippen molar-refractivity contribution in [3.63, 3.8) is 0 Å². The van der Waals surface area contributed by atoms with Crippen LogP contribution in [0.1, 0.15) is 52.0 Å². The number of rotatable bonds is 12. The molecule has 9 rings (SSSR count). The van der Waals surface area contributed by atoms with Crippen molar-refractivity contribution in [3.8, 4) is 29.0 Å². The van der Waals surface area contributed by atoms with Crippen LogP contribution in [0.5, 0.6) is 11.8 Å². The van der Waals surface area contributed by atoms with Gasteiger partial charge in [-0.15, -0.1) is 11.3 Å². The Bertz CT molecular complexity index is 2870. The number of nitriles is 1. The summed E-state index contributed by atoms with van der Waals surface area (Å²) in [5, 5.41) is 22.7. The van der Waals surface area contributed by atoms with Gasteiger partial charge in [0.25, 0.3) is 14.7 Å². The third-order valence-electron chi connectivity index (χ3n) is 13.1. The second kappa shape index (κ2) is 18.1. The van der Waals surface area contributed by atoms with Crippen molar-refractivity contribution in [1.29, 1.82) is 5.26 Å². The van der Waals surface area contributed by atoms with Crippen LogP contribution in [0.15, 0.2) is 72.8 Å². The number of hydrogen-bond acceptors (Lipinski definition) is 10. The number of halogens is 6. The molecule has 1 amide bonds. The van der Waals surface area contributed by atoms with Crippen LogP contribution in [0.4, 0.5) is 37.6 Å². The molecule has 1 unspecified atom stereocenters. The molecule has 2 N–H and O–H groups in total. The van der Waals surface area contributed by atoms with E-state index in [4.69, 9.17) is 25.5 Å². The van der Waals surface area contributed by atoms with E-state index in [1.54, 1.807) is 0 Å². The molecular formula is C48H46ClF5N6O5SSi. The highest BCUT2D eigenvalue weighted by molar-refractivity contribution is 7.23. The molecule has 0 saturated carbocycles. The Morgan fingerprint density at radius 3 is 2.42 bits per heavy atom. The van der Waals surface area contributed by atoms with E-state index in [9.17, 15) is 28.3 Å². The van der Waals surface area contributed by atoms with Gasteiger partial charge in [0.2, 0.25) is 0 Å². The maximum absolute atomic E-state index is 17.9. The first-order valence-electron chi connectivity index (χ1n) is 21.9. The summed E-state index contributed by atoms with van der Waals surface area (Å²) in [4.78, 5) is 24.3. The number of anilines is 2. The fourth-order valence-corrected chi connectivity index (χ4v) is 16.3. The van der Waals surface area contributed by atoms with Crippen LogP contribution in [0.2, 0.25) is 10.1 Å². The lowest BCUT2D eigenvalue weighted by molar-refractivity contribution is 0.107. The number of ether oxygens (including phenoxy) is 2. The summed E-state index contributed by atoms with van der Waals surface area (Å²) in [7, 11) is -3.21. The second-order valence-electron chi connectivity index (χ2n) is 18.2. The lowest BCUT2D eigenvalue weighted by Gasteiger charge is -2.44. The topological polar surface area (TPSA) is 133 Å². The van der Waals surface area contributed by atoms with Gasteiger partial charge in [-0.05, 0) is 46.4 Å². The van der Waals surface area contributed by atoms with Crippen molar-refractivity contribution < 1.29 is 45.8 Å². The molecule has 350 valence electrons. The van der Waals surface area contributed by atoms with Crippen molar-refractivity contribution in [2.24, 2.45) is 0 Å². The number of alkyl halides is 3. The molecule has 19 heteroatoms. The van der Waals surface area contributed by atoms with Crippen molar-refractivity contribution in [1.82, 2.24) is 14.9 Å². The fourth-order valence-electron chi connectivity index (χ4n) is 10.3. The molecule has 11 nitrogen and oxygen atoms in total. The van der Waals surface area contributed by atoms with E-state index in [1.165, 1.54) is 11.0 Å². The van der Waals surface area contributed by atoms with Crippen LogP contribution < -0.4 is 30.1 Å². The van der Waals surface area contributed by atoms with E-state index in [2.05, 4.69) is 36.1 Å². The molecular weight excluding hydrogens is 931 g/mol. The van der Waals surface area contributed by atoms with Crippen molar-refractivity contribution >= 4 is 79.5 Å². The molecule has 4 aromatic carbocycles. The van der Waals surface area contributed by atoms with Crippen molar-refractivity contribution in [2.75, 3.05) is 49.6 Å². The van der Waals surface area contributed by atoms with E-state index in [0.29, 0.717) is 24.3 Å². The lowest BCUT2D eigenvalue weighted by atomic mass is 9.95. The number of hydrogen-bond donors (Lipinski definition) is 2. The van der Waals surface area contributed by atoms with Gasteiger partial charge in [-0.2, -0.15) is 15.2 Å². The van der Waals surface area contributed by atoms with Gasteiger partial charge in [-0.1, -0.05) is 99.1 Å². The molecule has 67 heavy (non-hydrogen) atoms. The zero-order valence-electron chi connectivity index (χ0n) is 36.7. The SMILES string of the molecule is CC(C)(C)[Si](OCC1CCN(CC(F)F)c2nc(OC[C@@]34CCCN3C[C@H](F)C4)nc3c(F)c(-c4ccc(F)c5sc(NC(=O)O)c(C#N)c45)c(Cl)c(c23)O1)(c1ccccc1)c1ccccc1. The molecule has 6 aromatic rings. The highest BCUT2D eigenvalue weighted by atomic mass is 35.5. The number of aromatic nitrogens is 2. The van der Waals surface area contributed by atoms with E-state index < -0.39 is 67.4 Å². The van der Waals surface area contributed by atoms with Crippen LogP contribution in [0, 0.1) is 23.0 Å². The standard InChI is InChI=1S/C48H46ClF5N6O5SSi/c1-47(2,3)67(29-11-6-4-7-12-29,30-13-8-5-9-14-30)64-25-28-17-20-59(24-34(52)53)43-37-40(56-45(57-43)63-26-48-18-10-19-60(48)23-27(50)21-48)39(54)36(38(49)41(37)65-28)31-15-16-33(51)42-35(31)32(22-55)44(66-42)58-46(61)62/h4-9,11-16,27-28,34,58H,10,17-21,23-26H2,1-3H3,(H,61,62)/t27-,28?,48+/m1/s1. The van der Waals surface area contributed by atoms with Gasteiger partial charge in [-0.3, -0.25) is 10.2 Å². The fraction of sp³-hybridized carbons (Fsp3) is 0.375. The van der Waals surface area contributed by atoms with Crippen LogP contribution in [0.25, 0.3) is 32.1 Å². The number of benzene rings is 4. The number of amides is 1. The van der Waals surface area contributed by atoms with Crippen molar-refractivity contribution in [3.05, 3.63) is 95.0 Å². The third kappa shape index (κ3) is 8.32. The number of carboxylic acid groups (broad SMARTS) is 1. The Kier molecular flexibility index (Phi) is 12.6. The molecule has 0 spiro atoms. The van der Waals surface area contributed by atoms with E-state index in [0.717, 1.165) is 22.9 Å². The van der Waals surface area contributed by atoms with Gasteiger partial charge in [0.15, 0.2) is 11.6 Å². The highest BCUT2D eigenvalue weighted by Crippen LogP contribution is 2.52. The van der Waals surface area contributed by atoms with Crippen molar-refractivity contribution in [2.45, 2.75) is 75.7 Å². The minimum atomic E-state index is -3.21. The maximum atomic E-state index is 17.9. The first kappa shape index (κ1) is 46.5. The van der Waals surface area contributed by atoms with E-state index >= 15 is 8.78 Å². The average Bonchev–Trinajstić information content (AvgIpc) is 3.95. The predicted molar refractivity (Wildman–Crippen MR) is 251 cm³/mol. The summed E-state index contributed by atoms with van der Waals surface area (Å²) in [5.74, 6) is -2.24. The highest BCUT2D eigenvalue weighted by Gasteiger charge is 2.51. The van der Waals surface area contributed by atoms with Crippen LogP contribution in [-0.2, 0) is 4.43 Å². The largest absolute Gasteiger partial charge is 0.486 e. The molecule has 0 radical (unpaired) electrons. The molecule has 3 aliphatic heterocycles. The predicted octanol–water partition coefficient (Wildman–Crippen LogP) is 10.2. The Labute approximate surface area is 393 Å². The summed E-state index contributed by atoms with van der Waals surface area (Å²) in [6, 6.07) is 23.6. The molecule has 0 bridgehead atoms. The molecule has 3 aliphatic rings. The monoisotopic (exact) mass is 976 g/mol. The summed E-state index contributed by atoms with van der Waals surface area (Å²) in [5.41, 5.74) is -1.87. The maximum Gasteiger partial charge on any atom is 0.409 e. The first-order valence-corrected chi connectivity index (χ1v) is 25.0. The lowest BCUT2D eigenvalue weighted by Crippen LogP contribution is -2.67. The number of nitrogens with zero attached hydrogens (tertiary/aromatic N) is 5. The van der Waals surface area contributed by atoms with Crippen LogP contribution >= 0.6 is 22.9 Å². The second-order valence-corrected chi connectivity index (χ2v) is 23.9. The number of fused-ring (bicyclic) bond motifs is 2. The number of thiophene rings is 1. The van der Waals surface area contributed by atoms with E-state index in [1.807, 2.05) is 71.6 Å². The van der Waals surface area contributed by atoms with Crippen LogP contribution in [0.3, 0.4) is 0 Å². The Balaban J connectivity index is 1.25. The van der Waals surface area contributed by atoms with Gasteiger partial charge in [0.05, 0.1) is 39.4 Å². The normalized spacial score (nSPS) is 19.9. The Morgan fingerprint density at radius 2 is 1.78 bits per heavy atom. The molecule has 3 atom stereocenters. The quantitative estimate of drug-likeness (QED) is 0.0902. The van der Waals surface area contributed by atoms with Crippen LogP contribution in [-0.4, -0.2) is 98.0 Å². The van der Waals surface area contributed by atoms with Gasteiger partial charge >= 0.3 is 12.1 Å². The zero-order valence-corrected chi connectivity index (χ0v) is 39.3. The summed E-state index contributed by atoms with van der Waals surface area (Å²) < 4.78 is 98.1. The van der Waals surface area contributed by atoms with Gasteiger partial charge in [0.1, 0.15) is 47.1 Å². The third-order valence-corrected chi connectivity index (χ3v) is 19.6. The minimum Gasteiger partial charge on any atom is -0.486 e. The average molecular weight is 978 g/mol. The van der Waals surface area contributed by atoms with Gasteiger partial charge in [-0.25, -0.2) is 26.7 Å². The molecule has 5 heterocycles. The van der Waals surface area contributed by atoms with Gasteiger partial charge < -0.3 is 23.9 Å². The minimum absolute atomic E-state index is 0.0509. The molecule has 2 aromatic heterocycles.